The highest BCUT2D eigenvalue weighted by molar-refractivity contribution is 5.47. The minimum Gasteiger partial charge on any atom is -0.497 e. The Morgan fingerprint density at radius 3 is 2.50 bits per heavy atom. The van der Waals surface area contributed by atoms with Crippen LogP contribution in [-0.2, 0) is 0 Å². The van der Waals surface area contributed by atoms with Gasteiger partial charge >= 0.3 is 0 Å². The minimum absolute atomic E-state index is 0.122. The van der Waals surface area contributed by atoms with E-state index in [9.17, 15) is 0 Å². The van der Waals surface area contributed by atoms with Gasteiger partial charge in [0, 0.05) is 5.69 Å². The maximum absolute atomic E-state index is 8.75. The SMILES string of the molecule is CCC(C#N)Nc1ccc(OC)cc1. The van der Waals surface area contributed by atoms with Crippen molar-refractivity contribution in [1.29, 1.82) is 5.26 Å². The van der Waals surface area contributed by atoms with Crippen molar-refractivity contribution in [3.63, 3.8) is 0 Å². The summed E-state index contributed by atoms with van der Waals surface area (Å²) in [6, 6.07) is 9.60. The molecule has 0 saturated heterocycles. The largest absolute Gasteiger partial charge is 0.497 e. The number of nitriles is 1. The van der Waals surface area contributed by atoms with Gasteiger partial charge in [0.05, 0.1) is 13.2 Å². The predicted molar refractivity (Wildman–Crippen MR) is 56.3 cm³/mol. The quantitative estimate of drug-likeness (QED) is 0.793. The summed E-state index contributed by atoms with van der Waals surface area (Å²) in [4.78, 5) is 0. The van der Waals surface area contributed by atoms with E-state index in [4.69, 9.17) is 10.00 Å². The summed E-state index contributed by atoms with van der Waals surface area (Å²) >= 11 is 0. The molecule has 1 rings (SSSR count). The van der Waals surface area contributed by atoms with E-state index in [2.05, 4.69) is 11.4 Å². The molecule has 0 fully saturated rings. The molecule has 1 unspecified atom stereocenters. The van der Waals surface area contributed by atoms with E-state index in [0.29, 0.717) is 0 Å². The van der Waals surface area contributed by atoms with Crippen molar-refractivity contribution >= 4 is 5.69 Å². The molecule has 3 nitrogen and oxygen atoms in total. The number of rotatable bonds is 4. The van der Waals surface area contributed by atoms with Crippen LogP contribution in [-0.4, -0.2) is 13.2 Å². The van der Waals surface area contributed by atoms with E-state index in [0.717, 1.165) is 17.9 Å². The molecule has 1 aromatic rings. The summed E-state index contributed by atoms with van der Waals surface area (Å²) in [5, 5.41) is 11.9. The van der Waals surface area contributed by atoms with Crippen LogP contribution < -0.4 is 10.1 Å². The third kappa shape index (κ3) is 2.67. The Morgan fingerprint density at radius 2 is 2.07 bits per heavy atom. The van der Waals surface area contributed by atoms with Crippen molar-refractivity contribution < 1.29 is 4.74 Å². The standard InChI is InChI=1S/C11H14N2O/c1-3-9(8-12)13-10-4-6-11(14-2)7-5-10/h4-7,9,13H,3H2,1-2H3. The third-order valence-electron chi connectivity index (χ3n) is 2.00. The Bertz CT molecular complexity index is 313. The van der Waals surface area contributed by atoms with E-state index in [1.807, 2.05) is 31.2 Å². The molecule has 0 saturated carbocycles. The zero-order chi connectivity index (χ0) is 10.4. The lowest BCUT2D eigenvalue weighted by Gasteiger charge is -2.10. The highest BCUT2D eigenvalue weighted by atomic mass is 16.5. The van der Waals surface area contributed by atoms with E-state index >= 15 is 0 Å². The first-order valence-corrected chi connectivity index (χ1v) is 4.60. The van der Waals surface area contributed by atoms with Crippen molar-refractivity contribution in [3.8, 4) is 11.8 Å². The van der Waals surface area contributed by atoms with Gasteiger partial charge in [-0.25, -0.2) is 0 Å². The van der Waals surface area contributed by atoms with Crippen molar-refractivity contribution in [2.75, 3.05) is 12.4 Å². The van der Waals surface area contributed by atoms with Crippen LogP contribution in [0.5, 0.6) is 5.75 Å². The number of nitrogens with one attached hydrogen (secondary N) is 1. The first-order valence-electron chi connectivity index (χ1n) is 4.60. The maximum atomic E-state index is 8.75. The van der Waals surface area contributed by atoms with Crippen LogP contribution in [0.3, 0.4) is 0 Å². The van der Waals surface area contributed by atoms with Crippen LogP contribution in [0, 0.1) is 11.3 Å². The lowest BCUT2D eigenvalue weighted by molar-refractivity contribution is 0.415. The molecule has 1 N–H and O–H groups in total. The summed E-state index contributed by atoms with van der Waals surface area (Å²) in [5.74, 6) is 0.820. The summed E-state index contributed by atoms with van der Waals surface area (Å²) in [5.41, 5.74) is 0.944. The molecule has 0 aliphatic heterocycles. The second-order valence-corrected chi connectivity index (χ2v) is 2.96. The maximum Gasteiger partial charge on any atom is 0.119 e. The fraction of sp³-hybridized carbons (Fsp3) is 0.364. The molecule has 3 heteroatoms. The van der Waals surface area contributed by atoms with Gasteiger partial charge in [-0.1, -0.05) is 6.92 Å². The van der Waals surface area contributed by atoms with Gasteiger partial charge in [0.25, 0.3) is 0 Å². The Morgan fingerprint density at radius 1 is 1.43 bits per heavy atom. The van der Waals surface area contributed by atoms with Crippen molar-refractivity contribution in [1.82, 2.24) is 0 Å². The second-order valence-electron chi connectivity index (χ2n) is 2.96. The summed E-state index contributed by atoms with van der Waals surface area (Å²) < 4.78 is 5.03. The zero-order valence-corrected chi connectivity index (χ0v) is 8.45. The first kappa shape index (κ1) is 10.4. The number of ether oxygens (including phenoxy) is 1. The van der Waals surface area contributed by atoms with E-state index in [1.54, 1.807) is 7.11 Å². The van der Waals surface area contributed by atoms with Crippen molar-refractivity contribution in [2.45, 2.75) is 19.4 Å². The molecule has 0 bridgehead atoms. The number of nitrogens with zero attached hydrogens (tertiary/aromatic N) is 1. The minimum atomic E-state index is -0.122. The Hall–Kier alpha value is -1.69. The number of benzene rings is 1. The molecule has 1 aromatic carbocycles. The fourth-order valence-electron chi connectivity index (χ4n) is 1.11. The van der Waals surface area contributed by atoms with Crippen LogP contribution in [0.15, 0.2) is 24.3 Å². The molecule has 1 atom stereocenters. The molecule has 0 spiro atoms. The van der Waals surface area contributed by atoms with Gasteiger partial charge in [0.15, 0.2) is 0 Å². The third-order valence-corrected chi connectivity index (χ3v) is 2.00. The molecular formula is C11H14N2O. The number of hydrogen-bond donors (Lipinski definition) is 1. The van der Waals surface area contributed by atoms with Crippen LogP contribution >= 0.6 is 0 Å². The summed E-state index contributed by atoms with van der Waals surface area (Å²) in [6.07, 6.45) is 0.794. The normalized spacial score (nSPS) is 11.5. The lowest BCUT2D eigenvalue weighted by Crippen LogP contribution is -2.15. The number of hydrogen-bond acceptors (Lipinski definition) is 3. The fourth-order valence-corrected chi connectivity index (χ4v) is 1.11. The van der Waals surface area contributed by atoms with Gasteiger partial charge in [-0.05, 0) is 30.7 Å². The Balaban J connectivity index is 2.64. The molecule has 0 aromatic heterocycles. The van der Waals surface area contributed by atoms with Crippen molar-refractivity contribution in [2.24, 2.45) is 0 Å². The number of anilines is 1. The Labute approximate surface area is 84.3 Å². The van der Waals surface area contributed by atoms with E-state index < -0.39 is 0 Å². The summed E-state index contributed by atoms with van der Waals surface area (Å²) in [7, 11) is 1.63. The van der Waals surface area contributed by atoms with E-state index in [-0.39, 0.29) is 6.04 Å². The van der Waals surface area contributed by atoms with Crippen LogP contribution in [0.2, 0.25) is 0 Å². The topological polar surface area (TPSA) is 45.0 Å². The Kier molecular flexibility index (Phi) is 3.81. The van der Waals surface area contributed by atoms with E-state index in [1.165, 1.54) is 0 Å². The summed E-state index contributed by atoms with van der Waals surface area (Å²) in [6.45, 7) is 1.98. The van der Waals surface area contributed by atoms with Gasteiger partial charge in [-0.15, -0.1) is 0 Å². The molecule has 0 aliphatic rings. The zero-order valence-electron chi connectivity index (χ0n) is 8.45. The highest BCUT2D eigenvalue weighted by Gasteiger charge is 2.02. The molecule has 0 heterocycles. The van der Waals surface area contributed by atoms with Gasteiger partial charge in [0.1, 0.15) is 11.8 Å². The molecule has 74 valence electrons. The van der Waals surface area contributed by atoms with Gasteiger partial charge in [0.2, 0.25) is 0 Å². The van der Waals surface area contributed by atoms with Crippen LogP contribution in [0.1, 0.15) is 13.3 Å². The lowest BCUT2D eigenvalue weighted by atomic mass is 10.2. The number of methoxy groups -OCH3 is 1. The van der Waals surface area contributed by atoms with Gasteiger partial charge < -0.3 is 10.1 Å². The van der Waals surface area contributed by atoms with Crippen LogP contribution in [0.25, 0.3) is 0 Å². The second kappa shape index (κ2) is 5.13. The monoisotopic (exact) mass is 190 g/mol. The smallest absolute Gasteiger partial charge is 0.119 e. The molecule has 0 aliphatic carbocycles. The van der Waals surface area contributed by atoms with Gasteiger partial charge in [-0.3, -0.25) is 0 Å². The molecule has 14 heavy (non-hydrogen) atoms. The average molecular weight is 190 g/mol. The molecule has 0 radical (unpaired) electrons. The first-order chi connectivity index (χ1) is 6.80. The predicted octanol–water partition coefficient (Wildman–Crippen LogP) is 2.41. The van der Waals surface area contributed by atoms with Crippen molar-refractivity contribution in [3.05, 3.63) is 24.3 Å². The highest BCUT2D eigenvalue weighted by Crippen LogP contribution is 2.15. The molecular weight excluding hydrogens is 176 g/mol. The van der Waals surface area contributed by atoms with Crippen LogP contribution in [0.4, 0.5) is 5.69 Å². The van der Waals surface area contributed by atoms with Gasteiger partial charge in [-0.2, -0.15) is 5.26 Å². The average Bonchev–Trinajstić information content (AvgIpc) is 2.26. The molecule has 0 amide bonds.